The molecule has 1 atom stereocenters. The lowest BCUT2D eigenvalue weighted by Gasteiger charge is -1.90. The fourth-order valence-corrected chi connectivity index (χ4v) is 3.31. The van der Waals surface area contributed by atoms with Gasteiger partial charge in [-0.3, -0.25) is 0 Å². The first-order chi connectivity index (χ1) is 6.66. The molecule has 0 aliphatic rings. The topological polar surface area (TPSA) is 25.8 Å². The molecule has 0 aromatic carbocycles. The molecule has 0 amide bonds. The SMILES string of the molecule is CC(Cl)c1nnc(-c2ccc(Br)s2)s1. The zero-order valence-corrected chi connectivity index (χ0v) is 11.2. The van der Waals surface area contributed by atoms with Gasteiger partial charge in [-0.2, -0.15) is 0 Å². The maximum Gasteiger partial charge on any atom is 0.157 e. The van der Waals surface area contributed by atoms with Gasteiger partial charge >= 0.3 is 0 Å². The number of rotatable bonds is 2. The third kappa shape index (κ3) is 2.16. The number of hydrogen-bond donors (Lipinski definition) is 0. The molecule has 2 rings (SSSR count). The van der Waals surface area contributed by atoms with Crippen molar-refractivity contribution >= 4 is 50.2 Å². The van der Waals surface area contributed by atoms with Gasteiger partial charge in [0, 0.05) is 0 Å². The van der Waals surface area contributed by atoms with E-state index in [0.717, 1.165) is 18.7 Å². The molecule has 2 aromatic rings. The Labute approximate surface area is 103 Å². The highest BCUT2D eigenvalue weighted by molar-refractivity contribution is 9.11. The molecule has 0 fully saturated rings. The van der Waals surface area contributed by atoms with Crippen molar-refractivity contribution in [3.05, 3.63) is 20.9 Å². The van der Waals surface area contributed by atoms with E-state index in [0.29, 0.717) is 0 Å². The molecule has 0 aliphatic heterocycles. The normalized spacial score (nSPS) is 13.1. The molecule has 0 bridgehead atoms. The summed E-state index contributed by atoms with van der Waals surface area (Å²) < 4.78 is 1.10. The van der Waals surface area contributed by atoms with Crippen LogP contribution in [-0.2, 0) is 0 Å². The summed E-state index contributed by atoms with van der Waals surface area (Å²) in [6, 6.07) is 4.03. The summed E-state index contributed by atoms with van der Waals surface area (Å²) in [5.41, 5.74) is 0. The molecule has 2 nitrogen and oxygen atoms in total. The lowest BCUT2D eigenvalue weighted by Crippen LogP contribution is -1.80. The van der Waals surface area contributed by atoms with Crippen molar-refractivity contribution in [1.82, 2.24) is 10.2 Å². The van der Waals surface area contributed by atoms with Crippen LogP contribution < -0.4 is 0 Å². The number of nitrogens with zero attached hydrogens (tertiary/aromatic N) is 2. The van der Waals surface area contributed by atoms with Crippen molar-refractivity contribution in [3.63, 3.8) is 0 Å². The summed E-state index contributed by atoms with van der Waals surface area (Å²) in [7, 11) is 0. The van der Waals surface area contributed by atoms with Crippen molar-refractivity contribution in [3.8, 4) is 9.88 Å². The van der Waals surface area contributed by atoms with E-state index in [9.17, 15) is 0 Å². The molecule has 2 heterocycles. The van der Waals surface area contributed by atoms with Crippen LogP contribution in [0.15, 0.2) is 15.9 Å². The van der Waals surface area contributed by atoms with Crippen LogP contribution in [0, 0.1) is 0 Å². The summed E-state index contributed by atoms with van der Waals surface area (Å²) >= 11 is 12.5. The van der Waals surface area contributed by atoms with E-state index in [1.165, 1.54) is 0 Å². The maximum absolute atomic E-state index is 5.91. The quantitative estimate of drug-likeness (QED) is 0.772. The molecule has 14 heavy (non-hydrogen) atoms. The molecule has 0 saturated carbocycles. The van der Waals surface area contributed by atoms with Gasteiger partial charge in [0.25, 0.3) is 0 Å². The highest BCUT2D eigenvalue weighted by Crippen LogP contribution is 2.35. The van der Waals surface area contributed by atoms with E-state index in [2.05, 4.69) is 26.1 Å². The van der Waals surface area contributed by atoms with Gasteiger partial charge in [-0.05, 0) is 35.0 Å². The van der Waals surface area contributed by atoms with Gasteiger partial charge in [0.05, 0.1) is 14.0 Å². The van der Waals surface area contributed by atoms with E-state index < -0.39 is 0 Å². The van der Waals surface area contributed by atoms with Gasteiger partial charge in [0.1, 0.15) is 5.01 Å². The van der Waals surface area contributed by atoms with Gasteiger partial charge in [-0.1, -0.05) is 11.3 Å². The summed E-state index contributed by atoms with van der Waals surface area (Å²) in [6.07, 6.45) is 0. The standard InChI is InChI=1S/C8H6BrClN2S2/c1-4(10)7-11-12-8(14-7)5-2-3-6(9)13-5/h2-4H,1H3. The largest absolute Gasteiger partial charge is 0.157 e. The Bertz CT molecular complexity index is 438. The molecule has 6 heteroatoms. The molecule has 0 aliphatic carbocycles. The fourth-order valence-electron chi connectivity index (χ4n) is 0.924. The molecule has 0 N–H and O–H groups in total. The van der Waals surface area contributed by atoms with Crippen molar-refractivity contribution in [2.75, 3.05) is 0 Å². The van der Waals surface area contributed by atoms with Gasteiger partial charge < -0.3 is 0 Å². The molecule has 0 saturated heterocycles. The highest BCUT2D eigenvalue weighted by Gasteiger charge is 2.11. The monoisotopic (exact) mass is 308 g/mol. The molecular formula is C8H6BrClN2S2. The van der Waals surface area contributed by atoms with Gasteiger partial charge in [-0.15, -0.1) is 33.1 Å². The van der Waals surface area contributed by atoms with Crippen LogP contribution in [0.3, 0.4) is 0 Å². The van der Waals surface area contributed by atoms with E-state index in [4.69, 9.17) is 11.6 Å². The minimum Gasteiger partial charge on any atom is -0.142 e. The minimum absolute atomic E-state index is 0.0651. The van der Waals surface area contributed by atoms with E-state index in [1.54, 1.807) is 22.7 Å². The van der Waals surface area contributed by atoms with Crippen LogP contribution in [0.2, 0.25) is 0 Å². The Hall–Kier alpha value is 0.0300. The fraction of sp³-hybridized carbons (Fsp3) is 0.250. The van der Waals surface area contributed by atoms with Crippen LogP contribution in [0.25, 0.3) is 9.88 Å². The summed E-state index contributed by atoms with van der Waals surface area (Å²) in [4.78, 5) is 1.12. The van der Waals surface area contributed by atoms with Crippen molar-refractivity contribution < 1.29 is 0 Å². The van der Waals surface area contributed by atoms with E-state index in [-0.39, 0.29) is 5.38 Å². The van der Waals surface area contributed by atoms with Crippen LogP contribution >= 0.6 is 50.2 Å². The predicted molar refractivity (Wildman–Crippen MR) is 65.2 cm³/mol. The predicted octanol–water partition coefficient (Wildman–Crippen LogP) is 4.33. The van der Waals surface area contributed by atoms with E-state index >= 15 is 0 Å². The zero-order valence-electron chi connectivity index (χ0n) is 7.20. The second kappa shape index (κ2) is 4.26. The molecule has 0 spiro atoms. The number of halogens is 2. The first kappa shape index (κ1) is 10.5. The van der Waals surface area contributed by atoms with Crippen molar-refractivity contribution in [2.24, 2.45) is 0 Å². The number of thiophene rings is 1. The molecule has 1 unspecified atom stereocenters. The summed E-state index contributed by atoms with van der Waals surface area (Å²) in [6.45, 7) is 1.90. The highest BCUT2D eigenvalue weighted by atomic mass is 79.9. The van der Waals surface area contributed by atoms with Gasteiger partial charge in [0.2, 0.25) is 0 Å². The molecule has 2 aromatic heterocycles. The first-order valence-corrected chi connectivity index (χ1v) is 6.76. The second-order valence-electron chi connectivity index (χ2n) is 2.67. The Kier molecular flexibility index (Phi) is 3.21. The summed E-state index contributed by atoms with van der Waals surface area (Å²) in [5, 5.41) is 9.86. The maximum atomic E-state index is 5.91. The van der Waals surface area contributed by atoms with Crippen LogP contribution in [0.4, 0.5) is 0 Å². The number of aromatic nitrogens is 2. The lowest BCUT2D eigenvalue weighted by molar-refractivity contribution is 0.963. The number of alkyl halides is 1. The Morgan fingerprint density at radius 1 is 1.36 bits per heavy atom. The Morgan fingerprint density at radius 3 is 2.64 bits per heavy atom. The third-order valence-electron chi connectivity index (χ3n) is 1.56. The van der Waals surface area contributed by atoms with Gasteiger partial charge in [0.15, 0.2) is 5.01 Å². The molecule has 74 valence electrons. The lowest BCUT2D eigenvalue weighted by atomic mass is 10.5. The van der Waals surface area contributed by atoms with Crippen LogP contribution in [0.5, 0.6) is 0 Å². The van der Waals surface area contributed by atoms with E-state index in [1.807, 2.05) is 19.1 Å². The number of hydrogen-bond acceptors (Lipinski definition) is 4. The van der Waals surface area contributed by atoms with Crippen molar-refractivity contribution in [1.29, 1.82) is 0 Å². The molecular weight excluding hydrogens is 304 g/mol. The second-order valence-corrected chi connectivity index (χ2v) is 6.79. The zero-order chi connectivity index (χ0) is 10.1. The molecule has 0 radical (unpaired) electrons. The first-order valence-electron chi connectivity index (χ1n) is 3.90. The Balaban J connectivity index is 2.33. The van der Waals surface area contributed by atoms with Crippen LogP contribution in [0.1, 0.15) is 17.3 Å². The third-order valence-corrected chi connectivity index (χ3v) is 4.80. The average molecular weight is 310 g/mol. The van der Waals surface area contributed by atoms with Gasteiger partial charge in [-0.25, -0.2) is 0 Å². The summed E-state index contributed by atoms with van der Waals surface area (Å²) in [5.74, 6) is 0. The smallest absolute Gasteiger partial charge is 0.142 e. The van der Waals surface area contributed by atoms with Crippen LogP contribution in [-0.4, -0.2) is 10.2 Å². The average Bonchev–Trinajstić information content (AvgIpc) is 2.70. The van der Waals surface area contributed by atoms with Crippen molar-refractivity contribution in [2.45, 2.75) is 12.3 Å². The Morgan fingerprint density at radius 2 is 2.14 bits per heavy atom. The minimum atomic E-state index is -0.0651.